The van der Waals surface area contributed by atoms with Gasteiger partial charge >= 0.3 is 5.69 Å². The van der Waals surface area contributed by atoms with Crippen molar-refractivity contribution in [3.8, 4) is 22.6 Å². The summed E-state index contributed by atoms with van der Waals surface area (Å²) in [7, 11) is 0. The van der Waals surface area contributed by atoms with Crippen molar-refractivity contribution >= 4 is 11.6 Å². The van der Waals surface area contributed by atoms with Gasteiger partial charge in [0.2, 0.25) is 0 Å². The van der Waals surface area contributed by atoms with Gasteiger partial charge in [0, 0.05) is 17.8 Å². The number of hydrogen-bond acceptors (Lipinski definition) is 5. The smallest absolute Gasteiger partial charge is 0.290 e. The molecule has 1 saturated carbocycles. The first kappa shape index (κ1) is 22.5. The van der Waals surface area contributed by atoms with Gasteiger partial charge in [0.25, 0.3) is 0 Å². The average molecular weight is 478 g/mol. The summed E-state index contributed by atoms with van der Waals surface area (Å²) in [4.78, 5) is 17.9. The predicted octanol–water partition coefficient (Wildman–Crippen LogP) is 5.05. The molecule has 4 aromatic rings. The Labute approximate surface area is 203 Å². The topological polar surface area (TPSA) is 94.3 Å². The number of rotatable bonds is 7. The van der Waals surface area contributed by atoms with Gasteiger partial charge in [-0.15, -0.1) is 5.10 Å². The Morgan fingerprint density at radius 3 is 2.62 bits per heavy atom. The highest BCUT2D eigenvalue weighted by Crippen LogP contribution is 2.32. The molecule has 1 fully saturated rings. The molecule has 0 bridgehead atoms. The lowest BCUT2D eigenvalue weighted by Gasteiger charge is -2.22. The second-order valence-electron chi connectivity index (χ2n) is 8.86. The van der Waals surface area contributed by atoms with Crippen LogP contribution in [0.15, 0.2) is 47.4 Å². The van der Waals surface area contributed by atoms with E-state index in [0.717, 1.165) is 60.9 Å². The molecule has 1 aromatic carbocycles. The van der Waals surface area contributed by atoms with E-state index in [1.165, 1.54) is 6.42 Å². The molecule has 176 valence electrons. The van der Waals surface area contributed by atoms with Crippen LogP contribution in [0.5, 0.6) is 0 Å². The number of pyridine rings is 1. The van der Waals surface area contributed by atoms with Crippen LogP contribution >= 0.6 is 11.6 Å². The van der Waals surface area contributed by atoms with Crippen LogP contribution in [0.3, 0.4) is 0 Å². The van der Waals surface area contributed by atoms with Gasteiger partial charge < -0.3 is 0 Å². The number of imidazole rings is 1. The Bertz CT molecular complexity index is 1300. The molecular weight excluding hydrogens is 450 g/mol. The van der Waals surface area contributed by atoms with Crippen LogP contribution in [0.25, 0.3) is 22.6 Å². The number of halogens is 1. The molecule has 1 aliphatic rings. The summed E-state index contributed by atoms with van der Waals surface area (Å²) in [5.74, 6) is 0.522. The first-order valence-electron chi connectivity index (χ1n) is 11.9. The maximum atomic E-state index is 13.5. The summed E-state index contributed by atoms with van der Waals surface area (Å²) in [6.45, 7) is 2.62. The highest BCUT2D eigenvalue weighted by atomic mass is 35.5. The molecule has 3 heterocycles. The summed E-state index contributed by atoms with van der Waals surface area (Å²) < 4.78 is 3.72. The van der Waals surface area contributed by atoms with Crippen molar-refractivity contribution in [1.29, 1.82) is 0 Å². The van der Waals surface area contributed by atoms with E-state index in [4.69, 9.17) is 11.6 Å². The molecule has 3 aromatic heterocycles. The molecule has 0 aliphatic heterocycles. The zero-order chi connectivity index (χ0) is 23.5. The van der Waals surface area contributed by atoms with Crippen LogP contribution in [0.1, 0.15) is 62.7 Å². The standard InChI is InChI=1S/C25H28ClN7O/c1-2-7-21-23(26)33(19-8-4-3-5-9-19)25(34)32(21)16-17-11-13-18(14-12-17)20-10-6-15-27-22(20)24-28-30-31-29-24/h6,10-15,19H,2-5,7-9,16H2,1H3,(H,28,29,30,31). The van der Waals surface area contributed by atoms with Crippen molar-refractivity contribution in [2.75, 3.05) is 0 Å². The van der Waals surface area contributed by atoms with Crippen molar-refractivity contribution < 1.29 is 0 Å². The minimum atomic E-state index is 0.0109. The summed E-state index contributed by atoms with van der Waals surface area (Å²) >= 11 is 6.80. The van der Waals surface area contributed by atoms with Crippen molar-refractivity contribution in [2.24, 2.45) is 0 Å². The lowest BCUT2D eigenvalue weighted by Crippen LogP contribution is -2.29. The normalized spacial score (nSPS) is 14.5. The van der Waals surface area contributed by atoms with Crippen LogP contribution in [0.4, 0.5) is 0 Å². The van der Waals surface area contributed by atoms with Gasteiger partial charge in [-0.2, -0.15) is 0 Å². The Morgan fingerprint density at radius 1 is 1.12 bits per heavy atom. The Hall–Kier alpha value is -3.26. The minimum Gasteiger partial charge on any atom is -0.290 e. The molecule has 0 atom stereocenters. The van der Waals surface area contributed by atoms with Gasteiger partial charge in [0.15, 0.2) is 5.82 Å². The van der Waals surface area contributed by atoms with Gasteiger partial charge in [-0.3, -0.25) is 14.1 Å². The third kappa shape index (κ3) is 4.30. The Morgan fingerprint density at radius 2 is 1.91 bits per heavy atom. The fraction of sp³-hybridized carbons (Fsp3) is 0.400. The first-order chi connectivity index (χ1) is 16.7. The van der Waals surface area contributed by atoms with E-state index in [-0.39, 0.29) is 11.7 Å². The van der Waals surface area contributed by atoms with Crippen LogP contribution in [-0.2, 0) is 13.0 Å². The summed E-state index contributed by atoms with van der Waals surface area (Å²) in [5, 5.41) is 14.7. The molecule has 8 nitrogen and oxygen atoms in total. The van der Waals surface area contributed by atoms with E-state index in [0.29, 0.717) is 23.2 Å². The van der Waals surface area contributed by atoms with Crippen molar-refractivity contribution in [1.82, 2.24) is 34.7 Å². The van der Waals surface area contributed by atoms with Gasteiger partial charge in [-0.25, -0.2) is 9.89 Å². The molecule has 1 N–H and O–H groups in total. The Balaban J connectivity index is 1.46. The van der Waals surface area contributed by atoms with E-state index in [1.54, 1.807) is 6.20 Å². The molecule has 0 radical (unpaired) electrons. The quantitative estimate of drug-likeness (QED) is 0.402. The molecule has 0 unspecified atom stereocenters. The first-order valence-corrected chi connectivity index (χ1v) is 12.3. The number of H-pyrrole nitrogens is 1. The van der Waals surface area contributed by atoms with Gasteiger partial charge in [-0.05, 0) is 46.9 Å². The van der Waals surface area contributed by atoms with E-state index < -0.39 is 0 Å². The van der Waals surface area contributed by atoms with Crippen LogP contribution < -0.4 is 5.69 Å². The molecule has 0 amide bonds. The fourth-order valence-corrected chi connectivity index (χ4v) is 5.34. The number of benzene rings is 1. The molecule has 5 rings (SSSR count). The molecule has 0 saturated heterocycles. The summed E-state index contributed by atoms with van der Waals surface area (Å²) in [6.07, 6.45) is 9.05. The summed E-state index contributed by atoms with van der Waals surface area (Å²) in [6, 6.07) is 12.3. The lowest BCUT2D eigenvalue weighted by molar-refractivity contribution is 0.344. The van der Waals surface area contributed by atoms with E-state index >= 15 is 0 Å². The number of aromatic amines is 1. The number of tetrazole rings is 1. The van der Waals surface area contributed by atoms with E-state index in [2.05, 4.69) is 44.7 Å². The molecule has 0 spiro atoms. The van der Waals surface area contributed by atoms with Crippen LogP contribution in [0.2, 0.25) is 5.15 Å². The lowest BCUT2D eigenvalue weighted by atomic mass is 9.95. The SMILES string of the molecule is CCCc1c(Cl)n(C2CCCCC2)c(=O)n1Cc1ccc(-c2cccnc2-c2nnn[nH]2)cc1. The van der Waals surface area contributed by atoms with Crippen LogP contribution in [0, 0.1) is 0 Å². The van der Waals surface area contributed by atoms with Gasteiger partial charge in [0.05, 0.1) is 12.2 Å². The maximum absolute atomic E-state index is 13.5. The van der Waals surface area contributed by atoms with E-state index in [9.17, 15) is 4.79 Å². The van der Waals surface area contributed by atoms with Crippen molar-refractivity contribution in [2.45, 2.75) is 64.5 Å². The van der Waals surface area contributed by atoms with Gasteiger partial charge in [-0.1, -0.05) is 74.5 Å². The number of hydrogen-bond donors (Lipinski definition) is 1. The third-order valence-electron chi connectivity index (χ3n) is 6.62. The number of aromatic nitrogens is 7. The molecule has 9 heteroatoms. The maximum Gasteiger partial charge on any atom is 0.330 e. The zero-order valence-electron chi connectivity index (χ0n) is 19.2. The van der Waals surface area contributed by atoms with Crippen molar-refractivity contribution in [3.05, 3.63) is 69.5 Å². The predicted molar refractivity (Wildman–Crippen MR) is 132 cm³/mol. The molecule has 34 heavy (non-hydrogen) atoms. The second-order valence-corrected chi connectivity index (χ2v) is 9.22. The Kier molecular flexibility index (Phi) is 6.58. The highest BCUT2D eigenvalue weighted by molar-refractivity contribution is 6.30. The largest absolute Gasteiger partial charge is 0.330 e. The number of nitrogens with one attached hydrogen (secondary N) is 1. The van der Waals surface area contributed by atoms with Crippen LogP contribution in [-0.4, -0.2) is 34.7 Å². The molecular formula is C25H28ClN7O. The minimum absolute atomic E-state index is 0.0109. The second kappa shape index (κ2) is 9.93. The summed E-state index contributed by atoms with van der Waals surface area (Å²) in [5.41, 5.74) is 4.63. The molecule has 1 aliphatic carbocycles. The highest BCUT2D eigenvalue weighted by Gasteiger charge is 2.25. The van der Waals surface area contributed by atoms with Gasteiger partial charge in [0.1, 0.15) is 10.8 Å². The third-order valence-corrected chi connectivity index (χ3v) is 7.02. The van der Waals surface area contributed by atoms with Crippen molar-refractivity contribution in [3.63, 3.8) is 0 Å². The average Bonchev–Trinajstić information content (AvgIpc) is 3.49. The number of nitrogens with zero attached hydrogens (tertiary/aromatic N) is 6. The zero-order valence-corrected chi connectivity index (χ0v) is 20.0. The van der Waals surface area contributed by atoms with E-state index in [1.807, 2.05) is 33.4 Å². The monoisotopic (exact) mass is 477 g/mol. The fourth-order valence-electron chi connectivity index (χ4n) is 4.93.